The van der Waals surface area contributed by atoms with Crippen molar-refractivity contribution in [3.63, 3.8) is 0 Å². The first kappa shape index (κ1) is 17.6. The van der Waals surface area contributed by atoms with Crippen molar-refractivity contribution in [1.82, 2.24) is 0 Å². The van der Waals surface area contributed by atoms with E-state index in [0.29, 0.717) is 5.56 Å². The number of methoxy groups -OCH3 is 1. The summed E-state index contributed by atoms with van der Waals surface area (Å²) in [4.78, 5) is 37.4. The third-order valence-corrected chi connectivity index (χ3v) is 4.21. The van der Waals surface area contributed by atoms with Crippen LogP contribution in [0.5, 0.6) is 5.75 Å². The number of halogens is 1. The number of hydrogen-bond acceptors (Lipinski definition) is 5. The van der Waals surface area contributed by atoms with E-state index in [1.807, 2.05) is 0 Å². The fourth-order valence-corrected chi connectivity index (χ4v) is 2.72. The summed E-state index contributed by atoms with van der Waals surface area (Å²) in [6.45, 7) is -0.521. The van der Waals surface area contributed by atoms with E-state index in [1.54, 1.807) is 25.2 Å². The Bertz CT molecular complexity index is 909. The fraction of sp³-hybridized carbons (Fsp3) is 0.211. The van der Waals surface area contributed by atoms with Gasteiger partial charge in [0.2, 0.25) is 5.91 Å². The number of benzene rings is 2. The van der Waals surface area contributed by atoms with Crippen LogP contribution in [-0.4, -0.2) is 38.4 Å². The predicted octanol–water partition coefficient (Wildman–Crippen LogP) is 2.39. The molecule has 0 atom stereocenters. The first-order valence-corrected chi connectivity index (χ1v) is 7.84. The van der Waals surface area contributed by atoms with Crippen molar-refractivity contribution in [1.29, 1.82) is 0 Å². The Balaban J connectivity index is 1.67. The lowest BCUT2D eigenvalue weighted by molar-refractivity contribution is -0.117. The number of Topliss-reactive ketones (excluding diaryl/α,β-unsaturated/α-hetero) is 1. The molecule has 134 valence electrons. The molecule has 0 saturated carbocycles. The van der Waals surface area contributed by atoms with E-state index in [1.165, 1.54) is 24.1 Å². The number of ether oxygens (including phenoxy) is 2. The molecule has 1 amide bonds. The van der Waals surface area contributed by atoms with Gasteiger partial charge in [0, 0.05) is 24.4 Å². The summed E-state index contributed by atoms with van der Waals surface area (Å²) in [6.07, 6.45) is 0.226. The second-order valence-electron chi connectivity index (χ2n) is 5.82. The summed E-state index contributed by atoms with van der Waals surface area (Å²) >= 11 is 0. The van der Waals surface area contributed by atoms with Crippen LogP contribution in [0.2, 0.25) is 0 Å². The Morgan fingerprint density at radius 2 is 1.96 bits per heavy atom. The molecule has 0 spiro atoms. The zero-order valence-electron chi connectivity index (χ0n) is 14.2. The molecular formula is C19H16FNO5. The number of likely N-dealkylation sites (N-methyl/N-ethyl adjacent to an activating group) is 1. The average molecular weight is 357 g/mol. The summed E-state index contributed by atoms with van der Waals surface area (Å²) in [5, 5.41) is 0. The third kappa shape index (κ3) is 3.28. The van der Waals surface area contributed by atoms with Crippen LogP contribution < -0.4 is 9.64 Å². The van der Waals surface area contributed by atoms with Gasteiger partial charge < -0.3 is 14.4 Å². The highest BCUT2D eigenvalue weighted by molar-refractivity contribution is 6.04. The van der Waals surface area contributed by atoms with Crippen LogP contribution in [0, 0.1) is 5.82 Å². The molecule has 1 heterocycles. The molecule has 26 heavy (non-hydrogen) atoms. The minimum atomic E-state index is -0.936. The third-order valence-electron chi connectivity index (χ3n) is 4.21. The van der Waals surface area contributed by atoms with Gasteiger partial charge in [0.05, 0.1) is 19.1 Å². The predicted molar refractivity (Wildman–Crippen MR) is 91.1 cm³/mol. The van der Waals surface area contributed by atoms with Gasteiger partial charge in [-0.1, -0.05) is 0 Å². The minimum Gasteiger partial charge on any atom is -0.497 e. The highest BCUT2D eigenvalue weighted by atomic mass is 19.1. The summed E-state index contributed by atoms with van der Waals surface area (Å²) < 4.78 is 23.6. The molecule has 0 N–H and O–H groups in total. The van der Waals surface area contributed by atoms with Gasteiger partial charge in [0.15, 0.2) is 12.4 Å². The lowest BCUT2D eigenvalue weighted by atomic mass is 10.1. The summed E-state index contributed by atoms with van der Waals surface area (Å²) in [5.41, 5.74) is 1.55. The highest BCUT2D eigenvalue weighted by Gasteiger charge is 2.25. The first-order chi connectivity index (χ1) is 12.4. The number of esters is 1. The molecule has 0 radical (unpaired) electrons. The second kappa shape index (κ2) is 6.95. The van der Waals surface area contributed by atoms with Crippen LogP contribution >= 0.6 is 0 Å². The van der Waals surface area contributed by atoms with Crippen LogP contribution in [0.15, 0.2) is 36.4 Å². The number of ketones is 1. The zero-order valence-corrected chi connectivity index (χ0v) is 14.2. The van der Waals surface area contributed by atoms with E-state index >= 15 is 0 Å². The Morgan fingerprint density at radius 3 is 2.65 bits per heavy atom. The Hall–Kier alpha value is -3.22. The molecule has 3 rings (SSSR count). The molecule has 0 saturated heterocycles. The Labute approximate surface area is 149 Å². The molecule has 1 aliphatic heterocycles. The van der Waals surface area contributed by atoms with Gasteiger partial charge in [0.1, 0.15) is 11.6 Å². The van der Waals surface area contributed by atoms with Gasteiger partial charge in [-0.05, 0) is 35.9 Å². The van der Waals surface area contributed by atoms with Crippen LogP contribution in [0.4, 0.5) is 10.1 Å². The molecule has 0 unspecified atom stereocenters. The van der Waals surface area contributed by atoms with Crippen LogP contribution in [0.3, 0.4) is 0 Å². The van der Waals surface area contributed by atoms with Gasteiger partial charge in [0.25, 0.3) is 0 Å². The number of nitrogens with zero attached hydrogens (tertiary/aromatic N) is 1. The van der Waals surface area contributed by atoms with Crippen LogP contribution in [0.25, 0.3) is 0 Å². The van der Waals surface area contributed by atoms with E-state index in [2.05, 4.69) is 0 Å². The normalized spacial score (nSPS) is 12.7. The summed E-state index contributed by atoms with van der Waals surface area (Å²) in [6, 6.07) is 8.58. The molecular weight excluding hydrogens is 341 g/mol. The van der Waals surface area contributed by atoms with Crippen molar-refractivity contribution in [2.75, 3.05) is 25.7 Å². The van der Waals surface area contributed by atoms with E-state index in [9.17, 15) is 18.8 Å². The fourth-order valence-electron chi connectivity index (χ4n) is 2.72. The lowest BCUT2D eigenvalue weighted by Gasteiger charge is -2.10. The Kier molecular flexibility index (Phi) is 4.71. The van der Waals surface area contributed by atoms with E-state index < -0.39 is 24.2 Å². The van der Waals surface area contributed by atoms with Gasteiger partial charge in [-0.25, -0.2) is 9.18 Å². The van der Waals surface area contributed by atoms with Crippen molar-refractivity contribution in [3.05, 3.63) is 58.9 Å². The average Bonchev–Trinajstić information content (AvgIpc) is 2.92. The topological polar surface area (TPSA) is 72.9 Å². The van der Waals surface area contributed by atoms with Crippen LogP contribution in [-0.2, 0) is 16.0 Å². The SMILES string of the molecule is COc1ccc(C(=O)OCC(=O)c2ccc3c(c2)CC(=O)N3C)c(F)c1. The van der Waals surface area contributed by atoms with Crippen molar-refractivity contribution in [2.24, 2.45) is 0 Å². The molecule has 1 aliphatic rings. The second-order valence-corrected chi connectivity index (χ2v) is 5.82. The van der Waals surface area contributed by atoms with Crippen molar-refractivity contribution < 1.29 is 28.2 Å². The number of carbonyl (C=O) groups excluding carboxylic acids is 3. The quantitative estimate of drug-likeness (QED) is 0.607. The van der Waals surface area contributed by atoms with Gasteiger partial charge in [-0.15, -0.1) is 0 Å². The van der Waals surface area contributed by atoms with E-state index in [4.69, 9.17) is 9.47 Å². The monoisotopic (exact) mass is 357 g/mol. The molecule has 2 aromatic carbocycles. The molecule has 2 aromatic rings. The molecule has 0 bridgehead atoms. The number of fused-ring (bicyclic) bond motifs is 1. The van der Waals surface area contributed by atoms with Gasteiger partial charge >= 0.3 is 5.97 Å². The largest absolute Gasteiger partial charge is 0.497 e. The van der Waals surface area contributed by atoms with Gasteiger partial charge in [-0.3, -0.25) is 9.59 Å². The summed E-state index contributed by atoms with van der Waals surface area (Å²) in [7, 11) is 3.05. The lowest BCUT2D eigenvalue weighted by Crippen LogP contribution is -2.20. The number of carbonyl (C=O) groups is 3. The number of rotatable bonds is 5. The molecule has 0 aliphatic carbocycles. The smallest absolute Gasteiger partial charge is 0.341 e. The number of hydrogen-bond donors (Lipinski definition) is 0. The summed E-state index contributed by atoms with van der Waals surface area (Å²) in [5.74, 6) is -1.94. The number of anilines is 1. The maximum absolute atomic E-state index is 13.9. The maximum atomic E-state index is 13.9. The van der Waals surface area contributed by atoms with Gasteiger partial charge in [-0.2, -0.15) is 0 Å². The number of amides is 1. The van der Waals surface area contributed by atoms with Crippen molar-refractivity contribution in [2.45, 2.75) is 6.42 Å². The minimum absolute atomic E-state index is 0.0500. The molecule has 7 heteroatoms. The van der Waals surface area contributed by atoms with Crippen molar-refractivity contribution in [3.8, 4) is 5.75 Å². The Morgan fingerprint density at radius 1 is 1.19 bits per heavy atom. The maximum Gasteiger partial charge on any atom is 0.341 e. The first-order valence-electron chi connectivity index (χ1n) is 7.84. The zero-order chi connectivity index (χ0) is 18.8. The highest BCUT2D eigenvalue weighted by Crippen LogP contribution is 2.28. The standard InChI is InChI=1S/C19H16FNO5/c1-21-16-6-3-11(7-12(16)8-18(21)23)17(22)10-26-19(24)14-5-4-13(25-2)9-15(14)20/h3-7,9H,8,10H2,1-2H3. The molecule has 0 fully saturated rings. The van der Waals surface area contributed by atoms with Crippen LogP contribution in [0.1, 0.15) is 26.3 Å². The molecule has 0 aromatic heterocycles. The van der Waals surface area contributed by atoms with E-state index in [-0.39, 0.29) is 23.6 Å². The van der Waals surface area contributed by atoms with E-state index in [0.717, 1.165) is 17.3 Å². The van der Waals surface area contributed by atoms with Crippen molar-refractivity contribution >= 4 is 23.3 Å². The molecule has 6 nitrogen and oxygen atoms in total.